The van der Waals surface area contributed by atoms with E-state index < -0.39 is 0 Å². The quantitative estimate of drug-likeness (QED) is 0.559. The normalized spacial score (nSPS) is 10.5. The number of benzene rings is 3. The molecule has 1 nitrogen and oxygen atoms in total. The van der Waals surface area contributed by atoms with Crippen molar-refractivity contribution in [1.29, 1.82) is 0 Å². The molecule has 0 aliphatic heterocycles. The van der Waals surface area contributed by atoms with Crippen molar-refractivity contribution in [2.24, 2.45) is 0 Å². The summed E-state index contributed by atoms with van der Waals surface area (Å²) in [5, 5.41) is 0. The molecule has 0 aliphatic carbocycles. The highest BCUT2D eigenvalue weighted by Crippen LogP contribution is 2.38. The average molecular weight is 353 g/mol. The van der Waals surface area contributed by atoms with E-state index in [0.717, 1.165) is 26.9 Å². The topological polar surface area (TPSA) is 9.23 Å². The van der Waals surface area contributed by atoms with Crippen LogP contribution in [-0.4, -0.2) is 0 Å². The van der Waals surface area contributed by atoms with Crippen molar-refractivity contribution in [3.8, 4) is 16.9 Å². The highest BCUT2D eigenvalue weighted by atomic mass is 79.9. The number of aryl methyl sites for hydroxylation is 1. The molecule has 3 rings (SSSR count). The molecule has 3 aromatic rings. The number of rotatable bonds is 4. The third-order valence-electron chi connectivity index (χ3n) is 3.50. The minimum absolute atomic E-state index is 0.558. The van der Waals surface area contributed by atoms with Crippen molar-refractivity contribution in [3.63, 3.8) is 0 Å². The molecule has 0 heterocycles. The maximum Gasteiger partial charge on any atom is 0.141 e. The zero-order valence-electron chi connectivity index (χ0n) is 12.4. The molecule has 0 saturated carbocycles. The predicted octanol–water partition coefficient (Wildman–Crippen LogP) is 6.00. The molecule has 0 saturated heterocycles. The highest BCUT2D eigenvalue weighted by Gasteiger charge is 2.11. The first-order chi connectivity index (χ1) is 10.7. The van der Waals surface area contributed by atoms with Gasteiger partial charge in [-0.3, -0.25) is 0 Å². The Balaban J connectivity index is 1.96. The summed E-state index contributed by atoms with van der Waals surface area (Å²) in [6, 6.07) is 24.8. The third kappa shape index (κ3) is 3.40. The summed E-state index contributed by atoms with van der Waals surface area (Å²) in [5.41, 5.74) is 4.64. The molecule has 0 fully saturated rings. The van der Waals surface area contributed by atoms with Gasteiger partial charge in [0.05, 0.1) is 4.47 Å². The first kappa shape index (κ1) is 14.9. The van der Waals surface area contributed by atoms with Crippen molar-refractivity contribution < 1.29 is 4.74 Å². The van der Waals surface area contributed by atoms with Gasteiger partial charge in [0.15, 0.2) is 0 Å². The summed E-state index contributed by atoms with van der Waals surface area (Å²) in [7, 11) is 0. The van der Waals surface area contributed by atoms with Gasteiger partial charge < -0.3 is 4.74 Å². The van der Waals surface area contributed by atoms with Crippen LogP contribution in [0.1, 0.15) is 11.1 Å². The largest absolute Gasteiger partial charge is 0.487 e. The predicted molar refractivity (Wildman–Crippen MR) is 95.1 cm³/mol. The maximum atomic E-state index is 6.12. The number of hydrogen-bond acceptors (Lipinski definition) is 1. The smallest absolute Gasteiger partial charge is 0.141 e. The lowest BCUT2D eigenvalue weighted by molar-refractivity contribution is 0.305. The van der Waals surface area contributed by atoms with Crippen LogP contribution in [0.3, 0.4) is 0 Å². The van der Waals surface area contributed by atoms with Gasteiger partial charge >= 0.3 is 0 Å². The minimum atomic E-state index is 0.558. The maximum absolute atomic E-state index is 6.12. The van der Waals surface area contributed by atoms with E-state index >= 15 is 0 Å². The molecule has 0 spiro atoms. The van der Waals surface area contributed by atoms with Crippen molar-refractivity contribution in [3.05, 3.63) is 88.4 Å². The van der Waals surface area contributed by atoms with Crippen LogP contribution in [0.15, 0.2) is 77.3 Å². The summed E-state index contributed by atoms with van der Waals surface area (Å²) >= 11 is 3.64. The zero-order valence-corrected chi connectivity index (χ0v) is 14.0. The fourth-order valence-electron chi connectivity index (χ4n) is 2.44. The molecular formula is C20H17BrO. The molecule has 0 radical (unpaired) electrons. The summed E-state index contributed by atoms with van der Waals surface area (Å²) in [5.74, 6) is 0.889. The average Bonchev–Trinajstić information content (AvgIpc) is 2.55. The molecular weight excluding hydrogens is 336 g/mol. The molecule has 0 unspecified atom stereocenters. The van der Waals surface area contributed by atoms with E-state index in [0.29, 0.717) is 6.61 Å². The lowest BCUT2D eigenvalue weighted by Gasteiger charge is -2.15. The number of halogens is 1. The second kappa shape index (κ2) is 6.80. The Bertz CT molecular complexity index is 751. The van der Waals surface area contributed by atoms with E-state index in [2.05, 4.69) is 59.3 Å². The van der Waals surface area contributed by atoms with Gasteiger partial charge in [0.2, 0.25) is 0 Å². The van der Waals surface area contributed by atoms with Crippen molar-refractivity contribution in [1.82, 2.24) is 0 Å². The SMILES string of the molecule is Cc1cc(Br)c(OCc2ccccc2)c(-c2ccccc2)c1. The van der Waals surface area contributed by atoms with Crippen LogP contribution in [0.25, 0.3) is 11.1 Å². The summed E-state index contributed by atoms with van der Waals surface area (Å²) < 4.78 is 7.10. The van der Waals surface area contributed by atoms with E-state index in [1.54, 1.807) is 0 Å². The van der Waals surface area contributed by atoms with Crippen LogP contribution >= 0.6 is 15.9 Å². The second-order valence-corrected chi connectivity index (χ2v) is 6.12. The van der Waals surface area contributed by atoms with Gasteiger partial charge in [0, 0.05) is 5.56 Å². The second-order valence-electron chi connectivity index (χ2n) is 5.26. The van der Waals surface area contributed by atoms with E-state index in [-0.39, 0.29) is 0 Å². The summed E-state index contributed by atoms with van der Waals surface area (Å²) in [6.45, 7) is 2.65. The van der Waals surface area contributed by atoms with Gasteiger partial charge in [-0.15, -0.1) is 0 Å². The molecule has 0 aromatic heterocycles. The van der Waals surface area contributed by atoms with Crippen molar-refractivity contribution in [2.75, 3.05) is 0 Å². The Hall–Kier alpha value is -2.06. The van der Waals surface area contributed by atoms with Crippen LogP contribution in [0.2, 0.25) is 0 Å². The van der Waals surface area contributed by atoms with E-state index in [4.69, 9.17) is 4.74 Å². The minimum Gasteiger partial charge on any atom is -0.487 e. The Kier molecular flexibility index (Phi) is 4.59. The van der Waals surface area contributed by atoms with Gasteiger partial charge in [0.25, 0.3) is 0 Å². The fraction of sp³-hybridized carbons (Fsp3) is 0.100. The van der Waals surface area contributed by atoms with Crippen LogP contribution in [-0.2, 0) is 6.61 Å². The molecule has 0 atom stereocenters. The summed E-state index contributed by atoms with van der Waals surface area (Å²) in [6.07, 6.45) is 0. The van der Waals surface area contributed by atoms with Crippen LogP contribution in [0.5, 0.6) is 5.75 Å². The van der Waals surface area contributed by atoms with E-state index in [1.807, 2.05) is 36.4 Å². The van der Waals surface area contributed by atoms with E-state index in [1.165, 1.54) is 5.56 Å². The molecule has 22 heavy (non-hydrogen) atoms. The van der Waals surface area contributed by atoms with Crippen molar-refractivity contribution in [2.45, 2.75) is 13.5 Å². The Morgan fingerprint density at radius 2 is 1.50 bits per heavy atom. The molecule has 110 valence electrons. The van der Waals surface area contributed by atoms with Gasteiger partial charge in [0.1, 0.15) is 12.4 Å². The fourth-order valence-corrected chi connectivity index (χ4v) is 3.13. The zero-order chi connectivity index (χ0) is 15.4. The van der Waals surface area contributed by atoms with Crippen molar-refractivity contribution >= 4 is 15.9 Å². The molecule has 3 aromatic carbocycles. The number of ether oxygens (including phenoxy) is 1. The standard InChI is InChI=1S/C20H17BrO/c1-15-12-18(17-10-6-3-7-11-17)20(19(21)13-15)22-14-16-8-4-2-5-9-16/h2-13H,14H2,1H3. The lowest BCUT2D eigenvalue weighted by Crippen LogP contribution is -1.98. The van der Waals surface area contributed by atoms with Crippen LogP contribution in [0, 0.1) is 6.92 Å². The molecule has 0 N–H and O–H groups in total. The first-order valence-corrected chi connectivity index (χ1v) is 8.05. The third-order valence-corrected chi connectivity index (χ3v) is 4.09. The number of hydrogen-bond donors (Lipinski definition) is 0. The first-order valence-electron chi connectivity index (χ1n) is 7.26. The van der Waals surface area contributed by atoms with E-state index in [9.17, 15) is 0 Å². The Morgan fingerprint density at radius 3 is 2.18 bits per heavy atom. The van der Waals surface area contributed by atoms with Gasteiger partial charge in [-0.25, -0.2) is 0 Å². The lowest BCUT2D eigenvalue weighted by atomic mass is 10.0. The molecule has 2 heteroatoms. The van der Waals surface area contributed by atoms with Gasteiger partial charge in [-0.2, -0.15) is 0 Å². The molecule has 0 amide bonds. The molecule has 0 aliphatic rings. The van der Waals surface area contributed by atoms with Crippen LogP contribution < -0.4 is 4.74 Å². The van der Waals surface area contributed by atoms with Gasteiger partial charge in [-0.1, -0.05) is 60.7 Å². The monoisotopic (exact) mass is 352 g/mol. The summed E-state index contributed by atoms with van der Waals surface area (Å²) in [4.78, 5) is 0. The Labute approximate surface area is 139 Å². The highest BCUT2D eigenvalue weighted by molar-refractivity contribution is 9.10. The van der Waals surface area contributed by atoms with Crippen LogP contribution in [0.4, 0.5) is 0 Å². The molecule has 0 bridgehead atoms. The van der Waals surface area contributed by atoms with Gasteiger partial charge in [-0.05, 0) is 51.7 Å². The Morgan fingerprint density at radius 1 is 0.864 bits per heavy atom.